The van der Waals surface area contributed by atoms with Crippen molar-refractivity contribution in [3.05, 3.63) is 92.7 Å². The Balaban J connectivity index is 1.80. The van der Waals surface area contributed by atoms with Crippen LogP contribution in [0.15, 0.2) is 76.6 Å². The lowest BCUT2D eigenvalue weighted by Crippen LogP contribution is -2.20. The van der Waals surface area contributed by atoms with Crippen LogP contribution in [0.3, 0.4) is 0 Å². The van der Waals surface area contributed by atoms with E-state index in [1.54, 1.807) is 18.2 Å². The predicted molar refractivity (Wildman–Crippen MR) is 124 cm³/mol. The second kappa shape index (κ2) is 9.21. The van der Waals surface area contributed by atoms with Gasteiger partial charge in [-0.15, -0.1) is 0 Å². The third kappa shape index (κ3) is 4.49. The van der Waals surface area contributed by atoms with Gasteiger partial charge in [-0.2, -0.15) is 9.78 Å². The van der Waals surface area contributed by atoms with Crippen LogP contribution in [0, 0.1) is 0 Å². The van der Waals surface area contributed by atoms with E-state index in [1.807, 2.05) is 36.4 Å². The summed E-state index contributed by atoms with van der Waals surface area (Å²) in [4.78, 5) is 28.5. The maximum atomic E-state index is 13.2. The molecule has 0 saturated carbocycles. The molecule has 0 unspecified atom stereocenters. The molecule has 1 aromatic heterocycles. The molecule has 1 N–H and O–H groups in total. The molecule has 32 heavy (non-hydrogen) atoms. The first-order valence-electron chi connectivity index (χ1n) is 9.39. The average molecular weight is 468 g/mol. The minimum absolute atomic E-state index is 0.0578. The molecule has 0 fully saturated rings. The van der Waals surface area contributed by atoms with Crippen molar-refractivity contribution < 1.29 is 14.6 Å². The van der Waals surface area contributed by atoms with E-state index in [-0.39, 0.29) is 21.4 Å². The summed E-state index contributed by atoms with van der Waals surface area (Å²) in [6.07, 6.45) is 1.42. The van der Waals surface area contributed by atoms with Crippen molar-refractivity contribution in [2.24, 2.45) is 5.10 Å². The number of rotatable bonds is 6. The summed E-state index contributed by atoms with van der Waals surface area (Å²) in [7, 11) is 0. The van der Waals surface area contributed by atoms with E-state index >= 15 is 0 Å². The van der Waals surface area contributed by atoms with Gasteiger partial charge < -0.3 is 9.84 Å². The van der Waals surface area contributed by atoms with E-state index < -0.39 is 12.6 Å². The van der Waals surface area contributed by atoms with Gasteiger partial charge in [-0.05, 0) is 29.8 Å². The average Bonchev–Trinajstić information content (AvgIpc) is 2.78. The number of benzene rings is 3. The Bertz CT molecular complexity index is 1380. The van der Waals surface area contributed by atoms with Gasteiger partial charge in [0.2, 0.25) is 0 Å². The highest BCUT2D eigenvalue weighted by molar-refractivity contribution is 6.37. The van der Waals surface area contributed by atoms with Crippen molar-refractivity contribution in [1.82, 2.24) is 9.66 Å². The number of halogens is 2. The molecule has 0 saturated heterocycles. The molecule has 9 heteroatoms. The van der Waals surface area contributed by atoms with E-state index in [1.165, 1.54) is 23.0 Å². The first-order valence-corrected chi connectivity index (χ1v) is 10.1. The smallest absolute Gasteiger partial charge is 0.341 e. The molecule has 3 aromatic carbocycles. The number of fused-ring (bicyclic) bond motifs is 1. The number of para-hydroxylation sites is 1. The summed E-state index contributed by atoms with van der Waals surface area (Å²) in [6.45, 7) is -0.578. The topological polar surface area (TPSA) is 93.8 Å². The van der Waals surface area contributed by atoms with E-state index in [2.05, 4.69) is 10.1 Å². The summed E-state index contributed by atoms with van der Waals surface area (Å²) < 4.78 is 6.33. The monoisotopic (exact) mass is 467 g/mol. The number of carboxylic acids is 1. The van der Waals surface area contributed by atoms with E-state index in [0.717, 1.165) is 5.56 Å². The first-order chi connectivity index (χ1) is 15.4. The lowest BCUT2D eigenvalue weighted by atomic mass is 10.2. The molecule has 0 aliphatic rings. The first kappa shape index (κ1) is 21.5. The van der Waals surface area contributed by atoms with Gasteiger partial charge in [-0.3, -0.25) is 4.79 Å². The fourth-order valence-electron chi connectivity index (χ4n) is 3.06. The van der Waals surface area contributed by atoms with Gasteiger partial charge in [0.15, 0.2) is 18.2 Å². The molecule has 0 aliphatic heterocycles. The molecule has 0 bridgehead atoms. The molecule has 0 spiro atoms. The van der Waals surface area contributed by atoms with Crippen LogP contribution in [-0.2, 0) is 4.79 Å². The maximum Gasteiger partial charge on any atom is 0.341 e. The Morgan fingerprint density at radius 1 is 1.06 bits per heavy atom. The van der Waals surface area contributed by atoms with Gasteiger partial charge in [-0.25, -0.2) is 9.78 Å². The second-order valence-electron chi connectivity index (χ2n) is 6.68. The summed E-state index contributed by atoms with van der Waals surface area (Å²) in [6, 6.07) is 19.3. The highest BCUT2D eigenvalue weighted by Gasteiger charge is 2.13. The van der Waals surface area contributed by atoms with Crippen molar-refractivity contribution >= 4 is 46.3 Å². The summed E-state index contributed by atoms with van der Waals surface area (Å²) in [5, 5.41) is 13.8. The van der Waals surface area contributed by atoms with Crippen molar-refractivity contribution in [2.45, 2.75) is 0 Å². The third-order valence-electron chi connectivity index (χ3n) is 4.47. The van der Waals surface area contributed by atoms with Crippen molar-refractivity contribution in [1.29, 1.82) is 0 Å². The second-order valence-corrected chi connectivity index (χ2v) is 7.49. The molecular weight excluding hydrogens is 453 g/mol. The fourth-order valence-corrected chi connectivity index (χ4v) is 3.67. The molecule has 0 atom stereocenters. The molecule has 0 amide bonds. The third-order valence-corrected chi connectivity index (χ3v) is 5.03. The van der Waals surface area contributed by atoms with Crippen LogP contribution >= 0.6 is 23.2 Å². The summed E-state index contributed by atoms with van der Waals surface area (Å²) in [5.74, 6) is -0.717. The number of carboxylic acid groups (broad SMARTS) is 1. The van der Waals surface area contributed by atoms with Gasteiger partial charge in [0.25, 0.3) is 5.56 Å². The van der Waals surface area contributed by atoms with Crippen LogP contribution in [-0.4, -0.2) is 33.6 Å². The number of nitrogens with zero attached hydrogens (tertiary/aromatic N) is 3. The van der Waals surface area contributed by atoms with Crippen LogP contribution in [0.4, 0.5) is 0 Å². The Morgan fingerprint density at radius 3 is 2.41 bits per heavy atom. The zero-order valence-electron chi connectivity index (χ0n) is 16.4. The number of hydrogen-bond donors (Lipinski definition) is 1. The number of aliphatic carboxylic acids is 1. The Morgan fingerprint density at radius 2 is 1.72 bits per heavy atom. The molecule has 1 heterocycles. The highest BCUT2D eigenvalue weighted by Crippen LogP contribution is 2.33. The largest absolute Gasteiger partial charge is 0.479 e. The quantitative estimate of drug-likeness (QED) is 0.414. The predicted octanol–water partition coefficient (Wildman–Crippen LogP) is 4.72. The zero-order valence-corrected chi connectivity index (χ0v) is 17.9. The molecule has 4 rings (SSSR count). The van der Waals surface area contributed by atoms with Crippen LogP contribution in [0.1, 0.15) is 5.56 Å². The summed E-state index contributed by atoms with van der Waals surface area (Å²) in [5.41, 5.74) is 1.45. The standard InChI is InChI=1S/C23H15Cl2N3O4/c24-17-10-14(11-18(25)21(17)32-13-20(29)30)12-26-28-22(15-6-2-1-3-7-15)27-19-9-5-4-8-16(19)23(28)31/h1-12H,13H2,(H,29,30). The number of aromatic nitrogens is 2. The fraction of sp³-hybridized carbons (Fsp3) is 0.0435. The Labute approximate surface area is 192 Å². The Kier molecular flexibility index (Phi) is 6.20. The van der Waals surface area contributed by atoms with E-state index in [9.17, 15) is 9.59 Å². The Hall–Kier alpha value is -3.68. The van der Waals surface area contributed by atoms with E-state index in [0.29, 0.717) is 22.3 Å². The highest BCUT2D eigenvalue weighted by atomic mass is 35.5. The molecule has 0 radical (unpaired) electrons. The number of hydrogen-bond acceptors (Lipinski definition) is 5. The minimum atomic E-state index is -1.15. The van der Waals surface area contributed by atoms with Crippen LogP contribution < -0.4 is 10.3 Å². The van der Waals surface area contributed by atoms with Crippen LogP contribution in [0.2, 0.25) is 10.0 Å². The van der Waals surface area contributed by atoms with Crippen LogP contribution in [0.25, 0.3) is 22.3 Å². The lowest BCUT2D eigenvalue weighted by molar-refractivity contribution is -0.139. The molecule has 160 valence electrons. The molecular formula is C23H15Cl2N3O4. The van der Waals surface area contributed by atoms with Crippen molar-refractivity contribution in [3.63, 3.8) is 0 Å². The molecule has 0 aliphatic carbocycles. The molecule has 4 aromatic rings. The van der Waals surface area contributed by atoms with Gasteiger partial charge in [0, 0.05) is 5.56 Å². The van der Waals surface area contributed by atoms with Crippen LogP contribution in [0.5, 0.6) is 5.75 Å². The summed E-state index contributed by atoms with van der Waals surface area (Å²) >= 11 is 12.4. The SMILES string of the molecule is O=C(O)COc1c(Cl)cc(C=Nn2c(-c3ccccc3)nc3ccccc3c2=O)cc1Cl. The van der Waals surface area contributed by atoms with E-state index in [4.69, 9.17) is 33.0 Å². The van der Waals surface area contributed by atoms with Gasteiger partial charge in [0.05, 0.1) is 27.2 Å². The normalized spacial score (nSPS) is 11.2. The van der Waals surface area contributed by atoms with Gasteiger partial charge in [0.1, 0.15) is 0 Å². The molecule has 7 nitrogen and oxygen atoms in total. The maximum absolute atomic E-state index is 13.2. The zero-order chi connectivity index (χ0) is 22.7. The van der Waals surface area contributed by atoms with Crippen molar-refractivity contribution in [3.8, 4) is 17.1 Å². The lowest BCUT2D eigenvalue weighted by Gasteiger charge is -2.10. The van der Waals surface area contributed by atoms with Crippen molar-refractivity contribution in [2.75, 3.05) is 6.61 Å². The number of ether oxygens (including phenoxy) is 1. The minimum Gasteiger partial charge on any atom is -0.479 e. The number of carbonyl (C=O) groups is 1. The van der Waals surface area contributed by atoms with Gasteiger partial charge in [-0.1, -0.05) is 65.7 Å². The van der Waals surface area contributed by atoms with Gasteiger partial charge >= 0.3 is 5.97 Å².